The van der Waals surface area contributed by atoms with E-state index in [2.05, 4.69) is 5.32 Å². The van der Waals surface area contributed by atoms with Crippen molar-refractivity contribution >= 4 is 12.0 Å². The number of benzene rings is 1. The Labute approximate surface area is 120 Å². The van der Waals surface area contributed by atoms with Crippen LogP contribution in [0.5, 0.6) is 0 Å². The van der Waals surface area contributed by atoms with Crippen LogP contribution in [-0.2, 0) is 15.7 Å². The molecule has 1 unspecified atom stereocenters. The Morgan fingerprint density at radius 1 is 1.43 bits per heavy atom. The summed E-state index contributed by atoms with van der Waals surface area (Å²) in [5.74, 6) is -0.345. The highest BCUT2D eigenvalue weighted by Crippen LogP contribution is 2.29. The van der Waals surface area contributed by atoms with E-state index in [0.717, 1.165) is 25.0 Å². The van der Waals surface area contributed by atoms with Gasteiger partial charge in [0.1, 0.15) is 0 Å². The van der Waals surface area contributed by atoms with Crippen LogP contribution in [0.4, 0.5) is 13.2 Å². The molecule has 21 heavy (non-hydrogen) atoms. The highest BCUT2D eigenvalue weighted by molar-refractivity contribution is 5.91. The van der Waals surface area contributed by atoms with E-state index in [9.17, 15) is 18.0 Å². The van der Waals surface area contributed by atoms with Crippen LogP contribution in [0.3, 0.4) is 0 Å². The van der Waals surface area contributed by atoms with Crippen LogP contribution < -0.4 is 5.32 Å². The first-order chi connectivity index (χ1) is 9.95. The van der Waals surface area contributed by atoms with Crippen molar-refractivity contribution < 1.29 is 22.7 Å². The van der Waals surface area contributed by atoms with Crippen molar-refractivity contribution in [3.63, 3.8) is 0 Å². The molecule has 0 radical (unpaired) electrons. The Bertz CT molecular complexity index is 520. The molecular weight excluding hydrogens is 283 g/mol. The summed E-state index contributed by atoms with van der Waals surface area (Å²) in [5.41, 5.74) is -0.401. The number of hydrogen-bond acceptors (Lipinski definition) is 2. The Kier molecular flexibility index (Phi) is 5.01. The van der Waals surface area contributed by atoms with Crippen molar-refractivity contribution in [2.75, 3.05) is 13.2 Å². The highest BCUT2D eigenvalue weighted by atomic mass is 19.4. The van der Waals surface area contributed by atoms with Crippen molar-refractivity contribution in [1.29, 1.82) is 0 Å². The summed E-state index contributed by atoms with van der Waals surface area (Å²) in [7, 11) is 0. The third-order valence-corrected chi connectivity index (χ3v) is 3.17. The summed E-state index contributed by atoms with van der Waals surface area (Å²) in [4.78, 5) is 11.6. The molecule has 1 N–H and O–H groups in total. The topological polar surface area (TPSA) is 38.3 Å². The molecule has 1 atom stereocenters. The van der Waals surface area contributed by atoms with Gasteiger partial charge < -0.3 is 10.1 Å². The van der Waals surface area contributed by atoms with Crippen LogP contribution in [0.1, 0.15) is 24.0 Å². The second-order valence-electron chi connectivity index (χ2n) is 4.84. The minimum absolute atomic E-state index is 0.0379. The van der Waals surface area contributed by atoms with Gasteiger partial charge in [0.05, 0.1) is 11.7 Å². The molecule has 1 aromatic rings. The lowest BCUT2D eigenvalue weighted by molar-refractivity contribution is -0.137. The number of rotatable bonds is 4. The zero-order valence-corrected chi connectivity index (χ0v) is 11.3. The third kappa shape index (κ3) is 4.90. The minimum Gasteiger partial charge on any atom is -0.376 e. The van der Waals surface area contributed by atoms with E-state index in [1.807, 2.05) is 0 Å². The van der Waals surface area contributed by atoms with Crippen molar-refractivity contribution in [1.82, 2.24) is 5.32 Å². The van der Waals surface area contributed by atoms with Gasteiger partial charge >= 0.3 is 6.18 Å². The number of hydrogen-bond donors (Lipinski definition) is 1. The molecule has 1 amide bonds. The monoisotopic (exact) mass is 299 g/mol. The maximum Gasteiger partial charge on any atom is 0.416 e. The molecule has 1 aliphatic heterocycles. The summed E-state index contributed by atoms with van der Waals surface area (Å²) < 4.78 is 43.0. The fraction of sp³-hybridized carbons (Fsp3) is 0.400. The summed E-state index contributed by atoms with van der Waals surface area (Å²) in [6.07, 6.45) is 0.144. The number of ether oxygens (including phenoxy) is 1. The molecular formula is C15H16F3NO2. The van der Waals surface area contributed by atoms with E-state index < -0.39 is 11.7 Å². The highest BCUT2D eigenvalue weighted by Gasteiger charge is 2.30. The predicted octanol–water partition coefficient (Wildman–Crippen LogP) is 3.01. The van der Waals surface area contributed by atoms with Gasteiger partial charge in [-0.15, -0.1) is 0 Å². The largest absolute Gasteiger partial charge is 0.416 e. The molecule has 1 aliphatic rings. The molecule has 0 saturated carbocycles. The average Bonchev–Trinajstić information content (AvgIpc) is 2.95. The number of amides is 1. The number of alkyl halides is 3. The second-order valence-corrected chi connectivity index (χ2v) is 4.84. The Morgan fingerprint density at radius 2 is 2.24 bits per heavy atom. The predicted molar refractivity (Wildman–Crippen MR) is 72.5 cm³/mol. The van der Waals surface area contributed by atoms with Crippen molar-refractivity contribution in [2.45, 2.75) is 25.1 Å². The smallest absolute Gasteiger partial charge is 0.376 e. The summed E-state index contributed by atoms with van der Waals surface area (Å²) >= 11 is 0. The first-order valence-corrected chi connectivity index (χ1v) is 6.70. The maximum atomic E-state index is 12.5. The lowest BCUT2D eigenvalue weighted by Crippen LogP contribution is -2.30. The quantitative estimate of drug-likeness (QED) is 0.868. The molecule has 0 bridgehead atoms. The molecule has 0 aromatic heterocycles. The van der Waals surface area contributed by atoms with Crippen LogP contribution in [0.25, 0.3) is 6.08 Å². The van der Waals surface area contributed by atoms with E-state index in [1.165, 1.54) is 24.3 Å². The standard InChI is InChI=1S/C15H16F3NO2/c16-15(17,18)12-4-1-3-11(9-12)6-7-14(20)19-10-13-5-2-8-21-13/h1,3-4,6-7,9,13H,2,5,8,10H2,(H,19,20). The number of carbonyl (C=O) groups is 1. The molecule has 1 aromatic carbocycles. The van der Waals surface area contributed by atoms with Crippen LogP contribution in [0.15, 0.2) is 30.3 Å². The van der Waals surface area contributed by atoms with E-state index in [-0.39, 0.29) is 12.0 Å². The molecule has 3 nitrogen and oxygen atoms in total. The third-order valence-electron chi connectivity index (χ3n) is 3.17. The van der Waals surface area contributed by atoms with Gasteiger partial charge in [-0.2, -0.15) is 13.2 Å². The van der Waals surface area contributed by atoms with Crippen molar-refractivity contribution in [3.8, 4) is 0 Å². The molecule has 2 rings (SSSR count). The average molecular weight is 299 g/mol. The van der Waals surface area contributed by atoms with E-state index in [1.54, 1.807) is 0 Å². The van der Waals surface area contributed by atoms with Gasteiger partial charge in [0.15, 0.2) is 0 Å². The van der Waals surface area contributed by atoms with Gasteiger partial charge in [-0.3, -0.25) is 4.79 Å². The second kappa shape index (κ2) is 6.76. The van der Waals surface area contributed by atoms with E-state index >= 15 is 0 Å². The fourth-order valence-electron chi connectivity index (χ4n) is 2.07. The summed E-state index contributed by atoms with van der Waals surface area (Å²) in [6.45, 7) is 1.13. The number of halogens is 3. The molecule has 0 spiro atoms. The van der Waals surface area contributed by atoms with Gasteiger partial charge in [0.25, 0.3) is 0 Å². The molecule has 0 aliphatic carbocycles. The lowest BCUT2D eigenvalue weighted by Gasteiger charge is -2.09. The van der Waals surface area contributed by atoms with Gasteiger partial charge in [-0.25, -0.2) is 0 Å². The number of nitrogens with one attached hydrogen (secondary N) is 1. The number of carbonyl (C=O) groups excluding carboxylic acids is 1. The van der Waals surface area contributed by atoms with Crippen LogP contribution in [0.2, 0.25) is 0 Å². The van der Waals surface area contributed by atoms with Gasteiger partial charge in [-0.05, 0) is 36.6 Å². The molecule has 114 valence electrons. The summed E-state index contributed by atoms with van der Waals surface area (Å²) in [6, 6.07) is 4.82. The first kappa shape index (κ1) is 15.6. The zero-order chi connectivity index (χ0) is 15.3. The Morgan fingerprint density at radius 3 is 2.90 bits per heavy atom. The SMILES string of the molecule is O=C(C=Cc1cccc(C(F)(F)F)c1)NCC1CCCO1. The van der Waals surface area contributed by atoms with Gasteiger partial charge in [0.2, 0.25) is 5.91 Å². The zero-order valence-electron chi connectivity index (χ0n) is 11.3. The molecule has 1 heterocycles. The normalized spacial score (nSPS) is 19.1. The minimum atomic E-state index is -4.38. The molecule has 1 fully saturated rings. The Balaban J connectivity index is 1.89. The maximum absolute atomic E-state index is 12.5. The van der Waals surface area contributed by atoms with Gasteiger partial charge in [0, 0.05) is 19.2 Å². The molecule has 6 heteroatoms. The van der Waals surface area contributed by atoms with Gasteiger partial charge in [-0.1, -0.05) is 12.1 Å². The van der Waals surface area contributed by atoms with Crippen LogP contribution in [-0.4, -0.2) is 25.2 Å². The van der Waals surface area contributed by atoms with Crippen molar-refractivity contribution in [2.24, 2.45) is 0 Å². The molecule has 1 saturated heterocycles. The van der Waals surface area contributed by atoms with E-state index in [0.29, 0.717) is 18.7 Å². The van der Waals surface area contributed by atoms with Crippen molar-refractivity contribution in [3.05, 3.63) is 41.5 Å². The first-order valence-electron chi connectivity index (χ1n) is 6.70. The summed E-state index contributed by atoms with van der Waals surface area (Å²) in [5, 5.41) is 2.67. The van der Waals surface area contributed by atoms with Crippen LogP contribution >= 0.6 is 0 Å². The Hall–Kier alpha value is -1.82. The van der Waals surface area contributed by atoms with E-state index in [4.69, 9.17) is 4.74 Å². The fourth-order valence-corrected chi connectivity index (χ4v) is 2.07. The van der Waals surface area contributed by atoms with Crippen LogP contribution in [0, 0.1) is 0 Å². The lowest BCUT2D eigenvalue weighted by atomic mass is 10.1.